The van der Waals surface area contributed by atoms with E-state index in [2.05, 4.69) is 58.4 Å². The van der Waals surface area contributed by atoms with Gasteiger partial charge in [-0.05, 0) is 6.42 Å². The van der Waals surface area contributed by atoms with Crippen molar-refractivity contribution in [1.82, 2.24) is 25.4 Å². The van der Waals surface area contributed by atoms with E-state index in [0.717, 1.165) is 24.5 Å². The monoisotopic (exact) mass is 260 g/mol. The first-order valence-electron chi connectivity index (χ1n) is 6.50. The third kappa shape index (κ3) is 3.27. The molecule has 6 heteroatoms. The molecule has 0 saturated heterocycles. The lowest BCUT2D eigenvalue weighted by atomic mass is 9.92. The fraction of sp³-hybridized carbons (Fsp3) is 0.538. The second kappa shape index (κ2) is 5.34. The molecule has 2 aromatic rings. The Kier molecular flexibility index (Phi) is 3.78. The summed E-state index contributed by atoms with van der Waals surface area (Å²) in [4.78, 5) is 9.06. The third-order valence-corrected chi connectivity index (χ3v) is 2.69. The predicted molar refractivity (Wildman–Crippen MR) is 74.9 cm³/mol. The summed E-state index contributed by atoms with van der Waals surface area (Å²) in [6.45, 7) is 9.40. The molecule has 0 unspecified atom stereocenters. The lowest BCUT2D eigenvalue weighted by Crippen LogP contribution is -2.16. The zero-order valence-corrected chi connectivity index (χ0v) is 11.9. The first-order valence-corrected chi connectivity index (χ1v) is 6.50. The molecule has 0 amide bonds. The molecule has 2 heterocycles. The highest BCUT2D eigenvalue weighted by Gasteiger charge is 2.19. The Morgan fingerprint density at radius 1 is 1.26 bits per heavy atom. The Balaban J connectivity index is 2.43. The molecule has 0 radical (unpaired) electrons. The lowest BCUT2D eigenvalue weighted by Gasteiger charge is -2.19. The highest BCUT2D eigenvalue weighted by molar-refractivity contribution is 5.52. The van der Waals surface area contributed by atoms with Crippen LogP contribution in [0.3, 0.4) is 0 Å². The minimum Gasteiger partial charge on any atom is -0.370 e. The quantitative estimate of drug-likeness (QED) is 0.882. The molecule has 2 rings (SSSR count). The maximum atomic E-state index is 4.58. The van der Waals surface area contributed by atoms with Gasteiger partial charge in [-0.2, -0.15) is 15.4 Å². The summed E-state index contributed by atoms with van der Waals surface area (Å²) in [6, 6.07) is 2.00. The zero-order chi connectivity index (χ0) is 13.9. The van der Waals surface area contributed by atoms with Crippen molar-refractivity contribution >= 4 is 5.82 Å². The molecule has 6 nitrogen and oxygen atoms in total. The largest absolute Gasteiger partial charge is 0.370 e. The average Bonchev–Trinajstić information content (AvgIpc) is 2.89. The molecule has 0 aliphatic heterocycles. The van der Waals surface area contributed by atoms with Crippen molar-refractivity contribution < 1.29 is 0 Å². The van der Waals surface area contributed by atoms with Gasteiger partial charge in [0.25, 0.3) is 0 Å². The summed E-state index contributed by atoms with van der Waals surface area (Å²) < 4.78 is 0. The molecule has 0 bridgehead atoms. The van der Waals surface area contributed by atoms with E-state index in [1.54, 1.807) is 6.20 Å². The molecule has 0 aromatic carbocycles. The van der Waals surface area contributed by atoms with E-state index in [4.69, 9.17) is 0 Å². The van der Waals surface area contributed by atoms with Crippen molar-refractivity contribution in [1.29, 1.82) is 0 Å². The number of rotatable bonds is 4. The van der Waals surface area contributed by atoms with Crippen molar-refractivity contribution in [2.75, 3.05) is 11.9 Å². The zero-order valence-electron chi connectivity index (χ0n) is 11.9. The molecule has 19 heavy (non-hydrogen) atoms. The number of H-pyrrole nitrogens is 1. The maximum absolute atomic E-state index is 4.58. The van der Waals surface area contributed by atoms with Crippen LogP contribution in [0.2, 0.25) is 0 Å². The van der Waals surface area contributed by atoms with Crippen molar-refractivity contribution in [2.24, 2.45) is 0 Å². The Hall–Kier alpha value is -1.98. The smallest absolute Gasteiger partial charge is 0.184 e. The van der Waals surface area contributed by atoms with E-state index in [1.165, 1.54) is 0 Å². The number of nitrogens with one attached hydrogen (secondary N) is 2. The standard InChI is InChI=1S/C13H20N6/c1-5-6-14-11-7-10(13(2,3)4)16-12(17-11)9-8-15-19-18-9/h7-8H,5-6H2,1-4H3,(H,14,16,17)(H,15,18,19). The van der Waals surface area contributed by atoms with Crippen LogP contribution in [0.25, 0.3) is 11.5 Å². The molecule has 102 valence electrons. The van der Waals surface area contributed by atoms with Crippen molar-refractivity contribution in [2.45, 2.75) is 39.5 Å². The van der Waals surface area contributed by atoms with Crippen LogP contribution < -0.4 is 5.32 Å². The van der Waals surface area contributed by atoms with E-state index < -0.39 is 0 Å². The van der Waals surface area contributed by atoms with Gasteiger partial charge in [-0.3, -0.25) is 0 Å². The van der Waals surface area contributed by atoms with Gasteiger partial charge in [0.2, 0.25) is 0 Å². The number of anilines is 1. The van der Waals surface area contributed by atoms with Crippen LogP contribution in [0, 0.1) is 0 Å². The van der Waals surface area contributed by atoms with Crippen LogP contribution in [-0.2, 0) is 5.41 Å². The Morgan fingerprint density at radius 3 is 2.63 bits per heavy atom. The van der Waals surface area contributed by atoms with E-state index >= 15 is 0 Å². The highest BCUT2D eigenvalue weighted by Crippen LogP contribution is 2.24. The first-order chi connectivity index (χ1) is 9.00. The van der Waals surface area contributed by atoms with Crippen LogP contribution in [0.1, 0.15) is 39.8 Å². The van der Waals surface area contributed by atoms with Gasteiger partial charge in [-0.1, -0.05) is 27.7 Å². The minimum absolute atomic E-state index is 0.0376. The fourth-order valence-corrected chi connectivity index (χ4v) is 1.60. The Bertz CT molecular complexity index is 527. The van der Waals surface area contributed by atoms with E-state index in [0.29, 0.717) is 11.5 Å². The molecule has 0 fully saturated rings. The molecule has 0 aliphatic carbocycles. The highest BCUT2D eigenvalue weighted by atomic mass is 15.3. The first kappa shape index (κ1) is 13.5. The van der Waals surface area contributed by atoms with Gasteiger partial charge in [0.05, 0.1) is 11.9 Å². The molecule has 0 saturated carbocycles. The van der Waals surface area contributed by atoms with Crippen molar-refractivity contribution in [3.8, 4) is 11.5 Å². The number of hydrogen-bond acceptors (Lipinski definition) is 5. The van der Waals surface area contributed by atoms with E-state index in [1.807, 2.05) is 6.07 Å². The summed E-state index contributed by atoms with van der Waals surface area (Å²) in [6.07, 6.45) is 2.68. The molecule has 0 spiro atoms. The average molecular weight is 260 g/mol. The molecule has 0 atom stereocenters. The van der Waals surface area contributed by atoms with Crippen molar-refractivity contribution in [3.63, 3.8) is 0 Å². The van der Waals surface area contributed by atoms with Crippen LogP contribution in [0.15, 0.2) is 12.3 Å². The summed E-state index contributed by atoms with van der Waals surface area (Å²) in [5.41, 5.74) is 1.61. The van der Waals surface area contributed by atoms with Gasteiger partial charge in [0.15, 0.2) is 5.82 Å². The predicted octanol–water partition coefficient (Wildman–Crippen LogP) is 2.38. The van der Waals surface area contributed by atoms with Gasteiger partial charge < -0.3 is 5.32 Å². The summed E-state index contributed by atoms with van der Waals surface area (Å²) in [5.74, 6) is 1.43. The normalized spacial score (nSPS) is 11.6. The SMILES string of the molecule is CCCNc1cc(C(C)(C)C)nc(-c2cn[nH]n2)n1. The van der Waals surface area contributed by atoms with Gasteiger partial charge in [0.1, 0.15) is 11.5 Å². The second-order valence-electron chi connectivity index (χ2n) is 5.49. The van der Waals surface area contributed by atoms with Gasteiger partial charge in [-0.15, -0.1) is 0 Å². The van der Waals surface area contributed by atoms with Crippen molar-refractivity contribution in [3.05, 3.63) is 18.0 Å². The second-order valence-corrected chi connectivity index (χ2v) is 5.49. The van der Waals surface area contributed by atoms with Crippen LogP contribution in [-0.4, -0.2) is 31.9 Å². The Labute approximate surface area is 113 Å². The molecule has 2 N–H and O–H groups in total. The number of nitrogens with zero attached hydrogens (tertiary/aromatic N) is 4. The number of hydrogen-bond donors (Lipinski definition) is 2. The number of aromatic nitrogens is 5. The third-order valence-electron chi connectivity index (χ3n) is 2.69. The topological polar surface area (TPSA) is 79.4 Å². The Morgan fingerprint density at radius 2 is 2.05 bits per heavy atom. The molecule has 0 aliphatic rings. The fourth-order valence-electron chi connectivity index (χ4n) is 1.60. The van der Waals surface area contributed by atoms with Crippen LogP contribution >= 0.6 is 0 Å². The summed E-state index contributed by atoms with van der Waals surface area (Å²) in [5, 5.41) is 13.7. The van der Waals surface area contributed by atoms with Gasteiger partial charge >= 0.3 is 0 Å². The van der Waals surface area contributed by atoms with E-state index in [-0.39, 0.29) is 5.41 Å². The van der Waals surface area contributed by atoms with E-state index in [9.17, 15) is 0 Å². The summed E-state index contributed by atoms with van der Waals surface area (Å²) >= 11 is 0. The molecule has 2 aromatic heterocycles. The molecular weight excluding hydrogens is 240 g/mol. The van der Waals surface area contributed by atoms with Gasteiger partial charge in [0, 0.05) is 18.0 Å². The summed E-state index contributed by atoms with van der Waals surface area (Å²) in [7, 11) is 0. The van der Waals surface area contributed by atoms with Crippen LogP contribution in [0.5, 0.6) is 0 Å². The van der Waals surface area contributed by atoms with Crippen LogP contribution in [0.4, 0.5) is 5.82 Å². The molecular formula is C13H20N6. The minimum atomic E-state index is -0.0376. The maximum Gasteiger partial charge on any atom is 0.184 e. The lowest BCUT2D eigenvalue weighted by molar-refractivity contribution is 0.568. The van der Waals surface area contributed by atoms with Gasteiger partial charge in [-0.25, -0.2) is 9.97 Å². The number of aromatic amines is 1.